The van der Waals surface area contributed by atoms with Crippen molar-refractivity contribution in [1.82, 2.24) is 5.32 Å². The van der Waals surface area contributed by atoms with Gasteiger partial charge in [-0.15, -0.1) is 0 Å². The molecule has 0 aliphatic carbocycles. The van der Waals surface area contributed by atoms with Crippen LogP contribution in [-0.2, 0) is 9.59 Å². The smallest absolute Gasteiger partial charge is 0.252 e. The van der Waals surface area contributed by atoms with Crippen LogP contribution in [0, 0.1) is 6.92 Å². The Balaban J connectivity index is 2.54. The normalized spacial score (nSPS) is 22.4. The van der Waals surface area contributed by atoms with Gasteiger partial charge in [-0.3, -0.25) is 14.5 Å². The average molecular weight is 281 g/mol. The van der Waals surface area contributed by atoms with Crippen molar-refractivity contribution >= 4 is 29.1 Å². The molecule has 19 heavy (non-hydrogen) atoms. The van der Waals surface area contributed by atoms with Crippen molar-refractivity contribution in [3.8, 4) is 0 Å². The van der Waals surface area contributed by atoms with E-state index in [0.717, 1.165) is 5.56 Å². The van der Waals surface area contributed by atoms with E-state index in [1.54, 1.807) is 26.8 Å². The van der Waals surface area contributed by atoms with Crippen molar-refractivity contribution in [3.05, 3.63) is 28.8 Å². The van der Waals surface area contributed by atoms with Gasteiger partial charge in [-0.1, -0.05) is 17.7 Å². The molecule has 102 valence electrons. The maximum absolute atomic E-state index is 12.5. The number of nitrogens with one attached hydrogen (secondary N) is 1. The Bertz CT molecular complexity index is 554. The number of rotatable bonds is 1. The molecule has 1 saturated heterocycles. The summed E-state index contributed by atoms with van der Waals surface area (Å²) in [5.74, 6) is -0.339. The van der Waals surface area contributed by atoms with E-state index in [1.807, 2.05) is 19.1 Å². The van der Waals surface area contributed by atoms with Crippen LogP contribution in [0.4, 0.5) is 5.69 Å². The summed E-state index contributed by atoms with van der Waals surface area (Å²) >= 11 is 6.18. The van der Waals surface area contributed by atoms with Gasteiger partial charge in [0, 0.05) is 0 Å². The van der Waals surface area contributed by atoms with Crippen LogP contribution in [-0.4, -0.2) is 23.4 Å². The molecule has 0 radical (unpaired) electrons. The highest BCUT2D eigenvalue weighted by molar-refractivity contribution is 6.34. The summed E-state index contributed by atoms with van der Waals surface area (Å²) in [6, 6.07) is 4.87. The fourth-order valence-corrected chi connectivity index (χ4v) is 2.39. The van der Waals surface area contributed by atoms with Gasteiger partial charge >= 0.3 is 0 Å². The number of benzene rings is 1. The largest absolute Gasteiger partial charge is 0.340 e. The Labute approximate surface area is 117 Å². The van der Waals surface area contributed by atoms with Gasteiger partial charge in [0.05, 0.1) is 10.7 Å². The zero-order chi connectivity index (χ0) is 14.4. The summed E-state index contributed by atoms with van der Waals surface area (Å²) in [5.41, 5.74) is 0.654. The Kier molecular flexibility index (Phi) is 3.31. The molecule has 1 heterocycles. The van der Waals surface area contributed by atoms with Gasteiger partial charge in [0.2, 0.25) is 5.91 Å². The summed E-state index contributed by atoms with van der Waals surface area (Å²) in [4.78, 5) is 26.0. The number of aryl methyl sites for hydroxylation is 1. The predicted octanol–water partition coefficient (Wildman–Crippen LogP) is 2.28. The lowest BCUT2D eigenvalue weighted by Crippen LogP contribution is -2.67. The predicted molar refractivity (Wildman–Crippen MR) is 75.4 cm³/mol. The van der Waals surface area contributed by atoms with Crippen LogP contribution in [0.5, 0.6) is 0 Å². The fraction of sp³-hybridized carbons (Fsp3) is 0.429. The van der Waals surface area contributed by atoms with Crippen molar-refractivity contribution in [2.75, 3.05) is 4.90 Å². The van der Waals surface area contributed by atoms with Gasteiger partial charge in [-0.25, -0.2) is 0 Å². The third-order valence-electron chi connectivity index (χ3n) is 3.32. The second-order valence-corrected chi connectivity index (χ2v) is 5.83. The molecular formula is C14H17ClN2O2. The van der Waals surface area contributed by atoms with Gasteiger partial charge in [-0.05, 0) is 45.4 Å². The lowest BCUT2D eigenvalue weighted by atomic mass is 9.96. The van der Waals surface area contributed by atoms with Crippen molar-refractivity contribution in [2.24, 2.45) is 0 Å². The summed E-state index contributed by atoms with van der Waals surface area (Å²) in [6.45, 7) is 7.00. The van der Waals surface area contributed by atoms with Crippen LogP contribution in [0.3, 0.4) is 0 Å². The van der Waals surface area contributed by atoms with Crippen molar-refractivity contribution in [2.45, 2.75) is 39.3 Å². The van der Waals surface area contributed by atoms with E-state index in [0.29, 0.717) is 10.7 Å². The Morgan fingerprint density at radius 2 is 1.95 bits per heavy atom. The molecule has 0 saturated carbocycles. The molecule has 1 N–H and O–H groups in total. The molecular weight excluding hydrogens is 264 g/mol. The quantitative estimate of drug-likeness (QED) is 0.858. The molecule has 2 amide bonds. The van der Waals surface area contributed by atoms with Crippen LogP contribution in [0.15, 0.2) is 18.2 Å². The molecule has 1 aliphatic rings. The van der Waals surface area contributed by atoms with Gasteiger partial charge in [0.25, 0.3) is 5.91 Å². The topological polar surface area (TPSA) is 49.4 Å². The molecule has 4 nitrogen and oxygen atoms in total. The van der Waals surface area contributed by atoms with Gasteiger partial charge in [0.1, 0.15) is 11.6 Å². The third-order valence-corrected chi connectivity index (χ3v) is 3.64. The number of hydrogen-bond donors (Lipinski definition) is 1. The summed E-state index contributed by atoms with van der Waals surface area (Å²) < 4.78 is 0. The highest BCUT2D eigenvalue weighted by atomic mass is 35.5. The minimum atomic E-state index is -0.920. The van der Waals surface area contributed by atoms with Crippen LogP contribution < -0.4 is 10.2 Å². The molecule has 1 aromatic carbocycles. The van der Waals surface area contributed by atoms with E-state index in [9.17, 15) is 9.59 Å². The Morgan fingerprint density at radius 3 is 2.58 bits per heavy atom. The number of hydrogen-bond acceptors (Lipinski definition) is 2. The van der Waals surface area contributed by atoms with E-state index in [4.69, 9.17) is 11.6 Å². The minimum Gasteiger partial charge on any atom is -0.340 e. The molecule has 5 heteroatoms. The molecule has 1 unspecified atom stereocenters. The third kappa shape index (κ3) is 2.32. The minimum absolute atomic E-state index is 0.160. The van der Waals surface area contributed by atoms with Gasteiger partial charge in [0.15, 0.2) is 0 Å². The zero-order valence-electron chi connectivity index (χ0n) is 11.5. The highest BCUT2D eigenvalue weighted by Gasteiger charge is 2.44. The van der Waals surface area contributed by atoms with Crippen molar-refractivity contribution < 1.29 is 9.59 Å². The number of carbonyl (C=O) groups is 2. The number of halogens is 1. The number of nitrogens with zero attached hydrogens (tertiary/aromatic N) is 1. The highest BCUT2D eigenvalue weighted by Crippen LogP contribution is 2.32. The fourth-order valence-electron chi connectivity index (χ4n) is 2.19. The van der Waals surface area contributed by atoms with Crippen LogP contribution >= 0.6 is 11.6 Å². The van der Waals surface area contributed by atoms with Crippen molar-refractivity contribution in [3.63, 3.8) is 0 Å². The van der Waals surface area contributed by atoms with Gasteiger partial charge < -0.3 is 5.32 Å². The van der Waals surface area contributed by atoms with Crippen LogP contribution in [0.1, 0.15) is 26.3 Å². The Morgan fingerprint density at radius 1 is 1.32 bits per heavy atom. The molecule has 1 aliphatic heterocycles. The lowest BCUT2D eigenvalue weighted by molar-refractivity contribution is -0.136. The molecule has 2 rings (SSSR count). The number of piperazine rings is 1. The number of amides is 2. The maximum atomic E-state index is 12.5. The maximum Gasteiger partial charge on any atom is 0.252 e. The first-order chi connectivity index (χ1) is 8.74. The Hall–Kier alpha value is -1.55. The molecule has 1 aromatic rings. The molecule has 1 atom stereocenters. The molecule has 0 bridgehead atoms. The lowest BCUT2D eigenvalue weighted by Gasteiger charge is -2.41. The number of carbonyl (C=O) groups excluding carboxylic acids is 2. The van der Waals surface area contributed by atoms with E-state index in [1.165, 1.54) is 4.90 Å². The van der Waals surface area contributed by atoms with E-state index in [2.05, 4.69) is 5.32 Å². The summed E-state index contributed by atoms with van der Waals surface area (Å²) in [6.07, 6.45) is 0. The number of anilines is 1. The second-order valence-electron chi connectivity index (χ2n) is 5.42. The van der Waals surface area contributed by atoms with Gasteiger partial charge in [-0.2, -0.15) is 0 Å². The monoisotopic (exact) mass is 280 g/mol. The molecule has 1 fully saturated rings. The second kappa shape index (κ2) is 4.53. The standard InChI is InChI=1S/C14H17ClN2O2/c1-8-5-6-10(15)11(7-8)17-9(2)12(18)16-14(3,4)13(17)19/h5-7,9H,1-4H3,(H,16,18). The first-order valence-electron chi connectivity index (χ1n) is 6.16. The SMILES string of the molecule is Cc1ccc(Cl)c(N2C(=O)C(C)(C)NC(=O)C2C)c1. The summed E-state index contributed by atoms with van der Waals surface area (Å²) in [7, 11) is 0. The van der Waals surface area contributed by atoms with E-state index < -0.39 is 11.6 Å². The molecule has 0 aromatic heterocycles. The van der Waals surface area contributed by atoms with E-state index in [-0.39, 0.29) is 11.8 Å². The molecule has 0 spiro atoms. The summed E-state index contributed by atoms with van der Waals surface area (Å²) in [5, 5.41) is 3.18. The van der Waals surface area contributed by atoms with Crippen molar-refractivity contribution in [1.29, 1.82) is 0 Å². The zero-order valence-corrected chi connectivity index (χ0v) is 12.2. The first kappa shape index (κ1) is 13.9. The first-order valence-corrected chi connectivity index (χ1v) is 6.53. The van der Waals surface area contributed by atoms with Crippen LogP contribution in [0.2, 0.25) is 5.02 Å². The van der Waals surface area contributed by atoms with E-state index >= 15 is 0 Å². The van der Waals surface area contributed by atoms with Crippen LogP contribution in [0.25, 0.3) is 0 Å². The average Bonchev–Trinajstić information content (AvgIpc) is 2.31.